The Morgan fingerprint density at radius 1 is 1.22 bits per heavy atom. The third kappa shape index (κ3) is 3.31. The molecular formula is C14H18N2OS. The molecule has 0 spiro atoms. The van der Waals surface area contributed by atoms with Crippen molar-refractivity contribution in [2.24, 2.45) is 0 Å². The van der Waals surface area contributed by atoms with Crippen molar-refractivity contribution in [1.29, 1.82) is 0 Å². The van der Waals surface area contributed by atoms with E-state index >= 15 is 0 Å². The number of ether oxygens (including phenoxy) is 1. The first-order chi connectivity index (χ1) is 8.69. The molecule has 0 saturated carbocycles. The third-order valence-electron chi connectivity index (χ3n) is 2.80. The van der Waals surface area contributed by atoms with E-state index < -0.39 is 0 Å². The van der Waals surface area contributed by atoms with Crippen LogP contribution in [0.25, 0.3) is 0 Å². The second-order valence-corrected chi connectivity index (χ2v) is 5.07. The van der Waals surface area contributed by atoms with Gasteiger partial charge in [0.25, 0.3) is 0 Å². The van der Waals surface area contributed by atoms with Gasteiger partial charge in [0.1, 0.15) is 5.75 Å². The molecule has 0 fully saturated rings. The number of thiophene rings is 1. The van der Waals surface area contributed by atoms with Gasteiger partial charge < -0.3 is 10.1 Å². The SMILES string of the molecule is COc1cc(C)nc(CNCc2cscc2C)c1. The van der Waals surface area contributed by atoms with Crippen molar-refractivity contribution in [3.05, 3.63) is 45.4 Å². The van der Waals surface area contributed by atoms with E-state index in [1.807, 2.05) is 19.1 Å². The van der Waals surface area contributed by atoms with Gasteiger partial charge in [-0.25, -0.2) is 0 Å². The van der Waals surface area contributed by atoms with Crippen LogP contribution in [-0.2, 0) is 13.1 Å². The molecule has 18 heavy (non-hydrogen) atoms. The van der Waals surface area contributed by atoms with Gasteiger partial charge in [0.15, 0.2) is 0 Å². The van der Waals surface area contributed by atoms with Crippen LogP contribution >= 0.6 is 11.3 Å². The summed E-state index contributed by atoms with van der Waals surface area (Å²) in [4.78, 5) is 4.48. The maximum absolute atomic E-state index is 5.24. The van der Waals surface area contributed by atoms with Crippen molar-refractivity contribution in [3.63, 3.8) is 0 Å². The number of nitrogens with one attached hydrogen (secondary N) is 1. The molecule has 2 heterocycles. The predicted molar refractivity (Wildman–Crippen MR) is 75.1 cm³/mol. The molecule has 0 atom stereocenters. The summed E-state index contributed by atoms with van der Waals surface area (Å²) < 4.78 is 5.24. The first kappa shape index (κ1) is 13.1. The minimum atomic E-state index is 0.757. The van der Waals surface area contributed by atoms with Gasteiger partial charge in [0.2, 0.25) is 0 Å². The molecule has 96 valence electrons. The van der Waals surface area contributed by atoms with Crippen LogP contribution in [0.4, 0.5) is 0 Å². The number of hydrogen-bond donors (Lipinski definition) is 1. The summed E-state index contributed by atoms with van der Waals surface area (Å²) in [5.41, 5.74) is 4.71. The van der Waals surface area contributed by atoms with E-state index in [9.17, 15) is 0 Å². The van der Waals surface area contributed by atoms with Crippen molar-refractivity contribution in [3.8, 4) is 5.75 Å². The molecule has 0 aliphatic rings. The van der Waals surface area contributed by atoms with E-state index in [2.05, 4.69) is 28.0 Å². The van der Waals surface area contributed by atoms with Crippen LogP contribution in [0.3, 0.4) is 0 Å². The maximum atomic E-state index is 5.24. The smallest absolute Gasteiger partial charge is 0.122 e. The monoisotopic (exact) mass is 262 g/mol. The van der Waals surface area contributed by atoms with E-state index in [0.29, 0.717) is 0 Å². The largest absolute Gasteiger partial charge is 0.497 e. The molecule has 0 amide bonds. The molecule has 4 heteroatoms. The average Bonchev–Trinajstić information content (AvgIpc) is 2.74. The average molecular weight is 262 g/mol. The Bertz CT molecular complexity index is 522. The summed E-state index contributed by atoms with van der Waals surface area (Å²) in [6.07, 6.45) is 0. The molecule has 0 aromatic carbocycles. The Kier molecular flexibility index (Phi) is 4.33. The zero-order valence-corrected chi connectivity index (χ0v) is 11.8. The first-order valence-corrected chi connectivity index (χ1v) is 6.87. The Hall–Kier alpha value is -1.39. The summed E-state index contributed by atoms with van der Waals surface area (Å²) in [6, 6.07) is 3.91. The van der Waals surface area contributed by atoms with Crippen molar-refractivity contribution < 1.29 is 4.74 Å². The summed E-state index contributed by atoms with van der Waals surface area (Å²) in [6.45, 7) is 5.76. The number of aryl methyl sites for hydroxylation is 2. The zero-order valence-electron chi connectivity index (χ0n) is 11.0. The van der Waals surface area contributed by atoms with E-state index in [1.54, 1.807) is 18.4 Å². The normalized spacial score (nSPS) is 10.6. The van der Waals surface area contributed by atoms with Crippen LogP contribution in [0.2, 0.25) is 0 Å². The van der Waals surface area contributed by atoms with Crippen LogP contribution in [0, 0.1) is 13.8 Å². The Balaban J connectivity index is 1.94. The van der Waals surface area contributed by atoms with Gasteiger partial charge in [0.05, 0.1) is 12.8 Å². The highest BCUT2D eigenvalue weighted by Gasteiger charge is 2.02. The van der Waals surface area contributed by atoms with E-state index in [4.69, 9.17) is 4.74 Å². The Morgan fingerprint density at radius 3 is 2.72 bits per heavy atom. The van der Waals surface area contributed by atoms with Gasteiger partial charge in [-0.3, -0.25) is 4.98 Å². The van der Waals surface area contributed by atoms with Gasteiger partial charge in [-0.1, -0.05) is 0 Å². The van der Waals surface area contributed by atoms with Crippen LogP contribution in [-0.4, -0.2) is 12.1 Å². The molecule has 0 unspecified atom stereocenters. The molecule has 1 N–H and O–H groups in total. The van der Waals surface area contributed by atoms with Crippen molar-refractivity contribution >= 4 is 11.3 Å². The minimum absolute atomic E-state index is 0.757. The summed E-state index contributed by atoms with van der Waals surface area (Å²) >= 11 is 1.75. The van der Waals surface area contributed by atoms with Crippen LogP contribution < -0.4 is 10.1 Å². The van der Waals surface area contributed by atoms with Gasteiger partial charge in [-0.05, 0) is 35.7 Å². The lowest BCUT2D eigenvalue weighted by atomic mass is 10.2. The highest BCUT2D eigenvalue weighted by Crippen LogP contribution is 2.15. The zero-order chi connectivity index (χ0) is 13.0. The van der Waals surface area contributed by atoms with Crippen LogP contribution in [0.5, 0.6) is 5.75 Å². The molecule has 0 aliphatic carbocycles. The second kappa shape index (κ2) is 5.98. The van der Waals surface area contributed by atoms with Crippen LogP contribution in [0.15, 0.2) is 22.9 Å². The minimum Gasteiger partial charge on any atom is -0.497 e. The van der Waals surface area contributed by atoms with E-state index in [-0.39, 0.29) is 0 Å². The summed E-state index contributed by atoms with van der Waals surface area (Å²) in [7, 11) is 1.68. The standard InChI is InChI=1S/C14H18N2OS/c1-10-8-18-9-12(10)6-15-7-13-5-14(17-3)4-11(2)16-13/h4-5,8-9,15H,6-7H2,1-3H3. The number of aromatic nitrogens is 1. The topological polar surface area (TPSA) is 34.1 Å². The van der Waals surface area contributed by atoms with Gasteiger partial charge in [-0.15, -0.1) is 0 Å². The molecule has 0 saturated heterocycles. The molecule has 0 bridgehead atoms. The van der Waals surface area contributed by atoms with Crippen LogP contribution in [0.1, 0.15) is 22.5 Å². The molecule has 2 rings (SSSR count). The molecule has 2 aromatic heterocycles. The fraction of sp³-hybridized carbons (Fsp3) is 0.357. The molecule has 0 radical (unpaired) electrons. The number of nitrogens with zero attached hydrogens (tertiary/aromatic N) is 1. The first-order valence-electron chi connectivity index (χ1n) is 5.93. The van der Waals surface area contributed by atoms with Gasteiger partial charge in [-0.2, -0.15) is 11.3 Å². The highest BCUT2D eigenvalue weighted by molar-refractivity contribution is 7.08. The van der Waals surface area contributed by atoms with Gasteiger partial charge in [0, 0.05) is 30.9 Å². The number of rotatable bonds is 5. The number of methoxy groups -OCH3 is 1. The second-order valence-electron chi connectivity index (χ2n) is 4.32. The van der Waals surface area contributed by atoms with E-state index in [1.165, 1.54) is 11.1 Å². The molecular weight excluding hydrogens is 244 g/mol. The van der Waals surface area contributed by atoms with Gasteiger partial charge >= 0.3 is 0 Å². The lowest BCUT2D eigenvalue weighted by molar-refractivity contribution is 0.412. The lowest BCUT2D eigenvalue weighted by Crippen LogP contribution is -2.14. The number of pyridine rings is 1. The maximum Gasteiger partial charge on any atom is 0.122 e. The summed E-state index contributed by atoms with van der Waals surface area (Å²) in [5, 5.41) is 7.77. The summed E-state index contributed by atoms with van der Waals surface area (Å²) in [5.74, 6) is 0.867. The fourth-order valence-electron chi connectivity index (χ4n) is 1.80. The predicted octanol–water partition coefficient (Wildman–Crippen LogP) is 3.06. The third-order valence-corrected chi connectivity index (χ3v) is 3.71. The Morgan fingerprint density at radius 2 is 2.06 bits per heavy atom. The molecule has 3 nitrogen and oxygen atoms in total. The quantitative estimate of drug-likeness (QED) is 0.899. The van der Waals surface area contributed by atoms with Crippen molar-refractivity contribution in [2.45, 2.75) is 26.9 Å². The molecule has 2 aromatic rings. The highest BCUT2D eigenvalue weighted by atomic mass is 32.1. The van der Waals surface area contributed by atoms with Crippen molar-refractivity contribution in [1.82, 2.24) is 10.3 Å². The van der Waals surface area contributed by atoms with Crippen molar-refractivity contribution in [2.75, 3.05) is 7.11 Å². The fourth-order valence-corrected chi connectivity index (χ4v) is 2.66. The van der Waals surface area contributed by atoms with E-state index in [0.717, 1.165) is 30.2 Å². The molecule has 0 aliphatic heterocycles. The Labute approximate surface area is 112 Å². The lowest BCUT2D eigenvalue weighted by Gasteiger charge is -2.07. The number of hydrogen-bond acceptors (Lipinski definition) is 4.